The summed E-state index contributed by atoms with van der Waals surface area (Å²) in [4.78, 5) is 50.7. The maximum Gasteiger partial charge on any atom is 0.326 e. The van der Waals surface area contributed by atoms with E-state index in [0.29, 0.717) is 79.2 Å². The van der Waals surface area contributed by atoms with Gasteiger partial charge in [0.1, 0.15) is 17.6 Å². The van der Waals surface area contributed by atoms with Crippen LogP contribution in [0.2, 0.25) is 10.0 Å². The Bertz CT molecular complexity index is 1810. The number of hydrogen-bond donors (Lipinski definition) is 1. The van der Waals surface area contributed by atoms with Crippen molar-refractivity contribution in [3.8, 4) is 18.1 Å². The Hall–Kier alpha value is -4.52. The molecule has 1 fully saturated rings. The maximum absolute atomic E-state index is 14.9. The van der Waals surface area contributed by atoms with Gasteiger partial charge in [0.2, 0.25) is 11.8 Å². The molecule has 0 spiro atoms. The van der Waals surface area contributed by atoms with Gasteiger partial charge in [0.15, 0.2) is 0 Å². The number of piperazine rings is 1. The zero-order chi connectivity index (χ0) is 37.4. The molecule has 0 aliphatic carbocycles. The molecule has 1 saturated heterocycles. The first-order chi connectivity index (χ1) is 24.9. The van der Waals surface area contributed by atoms with E-state index in [9.17, 15) is 14.4 Å². The molecule has 0 radical (unpaired) electrons. The minimum atomic E-state index is -0.520. The fraction of sp³-hybridized carbons (Fsp3) is 0.415. The summed E-state index contributed by atoms with van der Waals surface area (Å²) in [6.45, 7) is 10.0. The summed E-state index contributed by atoms with van der Waals surface area (Å²) in [7, 11) is 0. The summed E-state index contributed by atoms with van der Waals surface area (Å²) in [6.07, 6.45) is 7.68. The molecule has 4 amide bonds. The molecule has 2 heterocycles. The Morgan fingerprint density at radius 2 is 1.52 bits per heavy atom. The van der Waals surface area contributed by atoms with Crippen molar-refractivity contribution < 1.29 is 19.1 Å². The number of unbranched alkanes of at least 4 members (excludes halogenated alkanes) is 2. The van der Waals surface area contributed by atoms with E-state index in [4.69, 9.17) is 39.4 Å². The van der Waals surface area contributed by atoms with Gasteiger partial charge >= 0.3 is 6.03 Å². The van der Waals surface area contributed by atoms with Crippen molar-refractivity contribution in [2.75, 3.05) is 39.3 Å². The quantitative estimate of drug-likeness (QED) is 0.160. The lowest BCUT2D eigenvalue weighted by molar-refractivity contribution is -0.134. The van der Waals surface area contributed by atoms with Crippen molar-refractivity contribution in [1.29, 1.82) is 0 Å². The van der Waals surface area contributed by atoms with Crippen LogP contribution in [0.4, 0.5) is 4.79 Å². The van der Waals surface area contributed by atoms with Gasteiger partial charge in [-0.15, -0.1) is 12.3 Å². The second-order valence-corrected chi connectivity index (χ2v) is 14.9. The van der Waals surface area contributed by atoms with Gasteiger partial charge in [0, 0.05) is 49.1 Å². The van der Waals surface area contributed by atoms with Crippen molar-refractivity contribution in [3.05, 3.63) is 99.0 Å². The summed E-state index contributed by atoms with van der Waals surface area (Å²) in [5, 5.41) is 3.91. The van der Waals surface area contributed by atoms with Crippen LogP contribution >= 0.6 is 23.2 Å². The molecule has 2 aliphatic heterocycles. The van der Waals surface area contributed by atoms with Crippen molar-refractivity contribution in [3.63, 3.8) is 0 Å². The molecule has 1 N–H and O–H groups in total. The Morgan fingerprint density at radius 1 is 0.904 bits per heavy atom. The molecule has 5 rings (SSSR count). The molecule has 52 heavy (non-hydrogen) atoms. The average molecular weight is 745 g/mol. The minimum absolute atomic E-state index is 0.0863. The van der Waals surface area contributed by atoms with Crippen LogP contribution < -0.4 is 10.1 Å². The van der Waals surface area contributed by atoms with Gasteiger partial charge in [-0.05, 0) is 78.3 Å². The number of urea groups is 1. The number of amidine groups is 1. The third-order valence-electron chi connectivity index (χ3n) is 9.40. The highest BCUT2D eigenvalue weighted by atomic mass is 35.5. The molecule has 9 nitrogen and oxygen atoms in total. The number of halogens is 2. The first-order valence-electron chi connectivity index (χ1n) is 17.8. The third kappa shape index (κ3) is 9.28. The Balaban J connectivity index is 1.46. The predicted octanol–water partition coefficient (Wildman–Crippen LogP) is 7.81. The van der Waals surface area contributed by atoms with Crippen LogP contribution in [0.15, 0.2) is 71.7 Å². The molecule has 2 atom stereocenters. The summed E-state index contributed by atoms with van der Waals surface area (Å²) < 4.78 is 6.24. The topological polar surface area (TPSA) is 94.5 Å². The number of hydrogen-bond acceptors (Lipinski definition) is 5. The number of rotatable bonds is 11. The minimum Gasteiger partial charge on any atom is -0.493 e. The predicted molar refractivity (Wildman–Crippen MR) is 207 cm³/mol. The second kappa shape index (κ2) is 17.3. The van der Waals surface area contributed by atoms with E-state index in [1.54, 1.807) is 14.7 Å². The molecular weight excluding hydrogens is 697 g/mol. The number of nitrogens with zero attached hydrogens (tertiary/aromatic N) is 4. The smallest absolute Gasteiger partial charge is 0.326 e. The number of nitrogens with one attached hydrogen (secondary N) is 1. The van der Waals surface area contributed by atoms with E-state index in [1.807, 2.05) is 67.6 Å². The molecule has 2 unspecified atom stereocenters. The largest absolute Gasteiger partial charge is 0.493 e. The van der Waals surface area contributed by atoms with Crippen LogP contribution in [0.25, 0.3) is 0 Å². The molecule has 11 heteroatoms. The number of terminal acetylenes is 1. The SMILES string of the molecule is C#CCCCCC(=O)NCC(=O)N1CCN(C(=O)N2C(c3ccc(C(C)(C)C)cc3OCC)=NC(c3ccc(Cl)cc3)C2c2ccc(Cl)cc2)CC1. The van der Waals surface area contributed by atoms with Crippen LogP contribution in [-0.4, -0.2) is 77.7 Å². The van der Waals surface area contributed by atoms with Crippen LogP contribution in [0.1, 0.15) is 87.7 Å². The Kier molecular flexibility index (Phi) is 12.9. The number of amides is 4. The normalized spacial score (nSPS) is 17.4. The van der Waals surface area contributed by atoms with E-state index in [2.05, 4.69) is 38.1 Å². The number of aliphatic imine (C=N–C) groups is 1. The highest BCUT2D eigenvalue weighted by Crippen LogP contribution is 2.46. The molecule has 0 aromatic heterocycles. The zero-order valence-corrected chi connectivity index (χ0v) is 31.8. The summed E-state index contributed by atoms with van der Waals surface area (Å²) >= 11 is 12.7. The first-order valence-corrected chi connectivity index (χ1v) is 18.6. The fourth-order valence-electron chi connectivity index (χ4n) is 6.49. The van der Waals surface area contributed by atoms with Crippen molar-refractivity contribution in [1.82, 2.24) is 20.0 Å². The van der Waals surface area contributed by atoms with Crippen molar-refractivity contribution in [2.45, 2.75) is 70.9 Å². The fourth-order valence-corrected chi connectivity index (χ4v) is 6.74. The zero-order valence-electron chi connectivity index (χ0n) is 30.3. The molecule has 3 aromatic carbocycles. The number of benzene rings is 3. The van der Waals surface area contributed by atoms with Crippen LogP contribution in [0, 0.1) is 12.3 Å². The lowest BCUT2D eigenvalue weighted by atomic mass is 9.86. The van der Waals surface area contributed by atoms with E-state index < -0.39 is 12.1 Å². The van der Waals surface area contributed by atoms with Gasteiger partial charge in [0.05, 0.1) is 24.8 Å². The monoisotopic (exact) mass is 743 g/mol. The van der Waals surface area contributed by atoms with Gasteiger partial charge in [-0.1, -0.05) is 74.3 Å². The van der Waals surface area contributed by atoms with E-state index in [1.165, 1.54) is 0 Å². The molecule has 3 aromatic rings. The van der Waals surface area contributed by atoms with Crippen LogP contribution in [0.3, 0.4) is 0 Å². The van der Waals surface area contributed by atoms with Crippen molar-refractivity contribution in [2.24, 2.45) is 4.99 Å². The molecule has 2 aliphatic rings. The standard InChI is InChI=1S/C41H47Cl2N5O4/c1-6-8-9-10-11-35(49)44-27-36(50)46-22-24-47(25-23-46)40(51)48-38(29-14-19-32(43)20-15-29)37(28-12-17-31(42)18-13-28)45-39(48)33-21-16-30(41(3,4)5)26-34(33)52-7-2/h1,12-21,26,37-38H,7-11,22-25,27H2,2-5H3,(H,44,49). The number of ether oxygens (including phenoxy) is 1. The summed E-state index contributed by atoms with van der Waals surface area (Å²) in [5.74, 6) is 3.35. The molecular formula is C41H47Cl2N5O4. The second-order valence-electron chi connectivity index (χ2n) is 14.0. The molecule has 0 bridgehead atoms. The van der Waals surface area contributed by atoms with Gasteiger partial charge in [-0.3, -0.25) is 19.5 Å². The van der Waals surface area contributed by atoms with Crippen LogP contribution in [-0.2, 0) is 15.0 Å². The highest BCUT2D eigenvalue weighted by Gasteiger charge is 2.45. The first kappa shape index (κ1) is 38.7. The van der Waals surface area contributed by atoms with E-state index >= 15 is 0 Å². The van der Waals surface area contributed by atoms with Gasteiger partial charge in [-0.25, -0.2) is 4.79 Å². The molecule has 0 saturated carbocycles. The summed E-state index contributed by atoms with van der Waals surface area (Å²) in [5.41, 5.74) is 3.44. The Labute approximate surface area is 317 Å². The van der Waals surface area contributed by atoms with E-state index in [-0.39, 0.29) is 29.8 Å². The van der Waals surface area contributed by atoms with Gasteiger partial charge in [-0.2, -0.15) is 0 Å². The lowest BCUT2D eigenvalue weighted by Gasteiger charge is -2.39. The molecule has 274 valence electrons. The highest BCUT2D eigenvalue weighted by molar-refractivity contribution is 6.30. The Morgan fingerprint density at radius 3 is 2.12 bits per heavy atom. The number of carbonyl (C=O) groups excluding carboxylic acids is 3. The maximum atomic E-state index is 14.9. The van der Waals surface area contributed by atoms with Gasteiger partial charge in [0.25, 0.3) is 0 Å². The van der Waals surface area contributed by atoms with Crippen LogP contribution in [0.5, 0.6) is 5.75 Å². The number of carbonyl (C=O) groups is 3. The summed E-state index contributed by atoms with van der Waals surface area (Å²) in [6, 6.07) is 19.9. The average Bonchev–Trinajstić information content (AvgIpc) is 3.53. The lowest BCUT2D eigenvalue weighted by Crippen LogP contribution is -2.56. The van der Waals surface area contributed by atoms with E-state index in [0.717, 1.165) is 23.1 Å². The van der Waals surface area contributed by atoms with Crippen molar-refractivity contribution >= 4 is 46.9 Å². The van der Waals surface area contributed by atoms with Gasteiger partial charge < -0.3 is 19.9 Å². The third-order valence-corrected chi connectivity index (χ3v) is 9.90.